The van der Waals surface area contributed by atoms with E-state index in [0.717, 1.165) is 21.9 Å². The van der Waals surface area contributed by atoms with Crippen LogP contribution in [-0.2, 0) is 4.79 Å². The Morgan fingerprint density at radius 2 is 1.92 bits per heavy atom. The van der Waals surface area contributed by atoms with Crippen LogP contribution in [-0.4, -0.2) is 52.7 Å². The maximum Gasteiger partial charge on any atom is 0.255 e. The maximum absolute atomic E-state index is 12.1. The number of carbonyl (C=O) groups excluding carboxylic acids is 1. The van der Waals surface area contributed by atoms with Gasteiger partial charge in [0.1, 0.15) is 6.10 Å². The normalized spacial score (nSPS) is 30.1. The summed E-state index contributed by atoms with van der Waals surface area (Å²) in [6, 6.07) is 6.79. The highest BCUT2D eigenvalue weighted by atomic mass is 32.1. The summed E-state index contributed by atoms with van der Waals surface area (Å²) in [5.74, 6) is 0.412. The van der Waals surface area contributed by atoms with Gasteiger partial charge >= 0.3 is 0 Å². The molecule has 6 heteroatoms. The lowest BCUT2D eigenvalue weighted by Gasteiger charge is -2.43. The molecule has 3 fully saturated rings. The minimum Gasteiger partial charge on any atom is -0.383 e. The molecule has 138 valence electrons. The summed E-state index contributed by atoms with van der Waals surface area (Å²) >= 11 is 1.77. The number of amides is 1. The van der Waals surface area contributed by atoms with Crippen molar-refractivity contribution in [3.8, 4) is 0 Å². The van der Waals surface area contributed by atoms with Crippen molar-refractivity contribution in [1.29, 1.82) is 0 Å². The largest absolute Gasteiger partial charge is 0.383 e. The first-order valence-corrected chi connectivity index (χ1v) is 10.6. The highest BCUT2D eigenvalue weighted by Gasteiger charge is 2.36. The van der Waals surface area contributed by atoms with Crippen LogP contribution in [0.2, 0.25) is 0 Å². The molecule has 2 saturated heterocycles. The molecule has 0 spiro atoms. The van der Waals surface area contributed by atoms with Crippen LogP contribution in [0.25, 0.3) is 10.2 Å². The lowest BCUT2D eigenvalue weighted by atomic mass is 9.79. The molecule has 3 aliphatic rings. The number of benzene rings is 1. The van der Waals surface area contributed by atoms with Gasteiger partial charge in [0.25, 0.3) is 5.91 Å². The summed E-state index contributed by atoms with van der Waals surface area (Å²) in [6.45, 7) is 3.14. The Morgan fingerprint density at radius 1 is 1.12 bits per heavy atom. The second-order valence-electron chi connectivity index (χ2n) is 7.92. The number of fused-ring (bicyclic) bond motifs is 1. The van der Waals surface area contributed by atoms with Gasteiger partial charge in [0, 0.05) is 30.6 Å². The highest BCUT2D eigenvalue weighted by molar-refractivity contribution is 7.18. The molecule has 1 N–H and O–H groups in total. The molecule has 3 heterocycles. The van der Waals surface area contributed by atoms with Crippen LogP contribution >= 0.6 is 11.3 Å². The molecule has 2 aromatic rings. The van der Waals surface area contributed by atoms with Crippen LogP contribution in [0.1, 0.15) is 49.5 Å². The predicted molar refractivity (Wildman–Crippen MR) is 104 cm³/mol. The van der Waals surface area contributed by atoms with Crippen LogP contribution in [0.3, 0.4) is 0 Å². The average molecular weight is 372 g/mol. The van der Waals surface area contributed by atoms with Gasteiger partial charge in [-0.05, 0) is 57.0 Å². The number of anilines is 1. The summed E-state index contributed by atoms with van der Waals surface area (Å²) in [4.78, 5) is 21.3. The number of hydrogen-bond donors (Lipinski definition) is 1. The van der Waals surface area contributed by atoms with Crippen molar-refractivity contribution >= 4 is 33.1 Å². The molecule has 2 aliphatic heterocycles. The highest BCUT2D eigenvalue weighted by Crippen LogP contribution is 2.43. The van der Waals surface area contributed by atoms with Gasteiger partial charge in [0.2, 0.25) is 0 Å². The van der Waals surface area contributed by atoms with E-state index in [1.54, 1.807) is 16.2 Å². The van der Waals surface area contributed by atoms with Gasteiger partial charge in [-0.15, -0.1) is 11.3 Å². The quantitative estimate of drug-likeness (QED) is 0.901. The summed E-state index contributed by atoms with van der Waals surface area (Å²) in [5.41, 5.74) is 1.91. The number of aliphatic hydroxyl groups is 1. The molecule has 0 bridgehead atoms. The molecule has 5 nitrogen and oxygen atoms in total. The smallest absolute Gasteiger partial charge is 0.255 e. The maximum atomic E-state index is 12.1. The van der Waals surface area contributed by atoms with Crippen molar-refractivity contribution in [2.75, 3.05) is 24.5 Å². The van der Waals surface area contributed by atoms with E-state index in [1.807, 2.05) is 12.1 Å². The molecular weight excluding hydrogens is 346 g/mol. The first kappa shape index (κ1) is 16.7. The van der Waals surface area contributed by atoms with E-state index in [-0.39, 0.29) is 5.91 Å². The third kappa shape index (κ3) is 2.84. The van der Waals surface area contributed by atoms with Crippen LogP contribution in [0, 0.1) is 0 Å². The number of likely N-dealkylation sites (tertiary alicyclic amines) is 1. The fraction of sp³-hybridized carbons (Fsp3) is 0.600. The van der Waals surface area contributed by atoms with Crippen molar-refractivity contribution in [1.82, 2.24) is 9.88 Å². The summed E-state index contributed by atoms with van der Waals surface area (Å²) in [5, 5.41) is 10.9. The van der Waals surface area contributed by atoms with Crippen LogP contribution < -0.4 is 4.90 Å². The Morgan fingerprint density at radius 3 is 2.65 bits per heavy atom. The van der Waals surface area contributed by atoms with E-state index in [4.69, 9.17) is 4.98 Å². The SMILES string of the molecule is O=C1C(O)CCN1c1ccc2nc(C3CC(N4CCCCC4)C3)sc2c1. The summed E-state index contributed by atoms with van der Waals surface area (Å²) in [6.07, 6.45) is 6.26. The zero-order valence-corrected chi connectivity index (χ0v) is 15.7. The lowest BCUT2D eigenvalue weighted by molar-refractivity contribution is -0.123. The van der Waals surface area contributed by atoms with E-state index >= 15 is 0 Å². The molecule has 1 aromatic carbocycles. The Hall–Kier alpha value is -1.50. The Kier molecular flexibility index (Phi) is 4.22. The van der Waals surface area contributed by atoms with Gasteiger partial charge in [-0.2, -0.15) is 0 Å². The first-order chi connectivity index (χ1) is 12.7. The van der Waals surface area contributed by atoms with Crippen molar-refractivity contribution in [3.05, 3.63) is 23.2 Å². The first-order valence-electron chi connectivity index (χ1n) is 9.83. The molecule has 1 amide bonds. The molecule has 0 radical (unpaired) electrons. The average Bonchev–Trinajstić information content (AvgIpc) is 3.18. The number of carbonyl (C=O) groups is 1. The van der Waals surface area contributed by atoms with Crippen molar-refractivity contribution in [2.24, 2.45) is 0 Å². The number of thiazole rings is 1. The number of hydrogen-bond acceptors (Lipinski definition) is 5. The van der Waals surface area contributed by atoms with E-state index < -0.39 is 6.10 Å². The fourth-order valence-electron chi connectivity index (χ4n) is 4.57. The second-order valence-corrected chi connectivity index (χ2v) is 8.98. The van der Waals surface area contributed by atoms with Gasteiger partial charge in [-0.1, -0.05) is 6.42 Å². The van der Waals surface area contributed by atoms with Crippen LogP contribution in [0.4, 0.5) is 5.69 Å². The third-order valence-corrected chi connectivity index (χ3v) is 7.43. The van der Waals surface area contributed by atoms with E-state index in [2.05, 4.69) is 11.0 Å². The summed E-state index contributed by atoms with van der Waals surface area (Å²) < 4.78 is 1.15. The van der Waals surface area contributed by atoms with Crippen LogP contribution in [0.5, 0.6) is 0 Å². The predicted octanol–water partition coefficient (Wildman–Crippen LogP) is 3.13. The van der Waals surface area contributed by atoms with Gasteiger partial charge in [-0.25, -0.2) is 4.98 Å². The molecule has 26 heavy (non-hydrogen) atoms. The molecule has 1 saturated carbocycles. The Balaban J connectivity index is 1.31. The van der Waals surface area contributed by atoms with Gasteiger partial charge in [0.15, 0.2) is 0 Å². The Labute approximate surface area is 157 Å². The second kappa shape index (κ2) is 6.59. The fourth-order valence-corrected chi connectivity index (χ4v) is 5.69. The monoisotopic (exact) mass is 371 g/mol. The van der Waals surface area contributed by atoms with E-state index in [0.29, 0.717) is 18.9 Å². The topological polar surface area (TPSA) is 56.7 Å². The number of aromatic nitrogens is 1. The zero-order valence-electron chi connectivity index (χ0n) is 14.9. The van der Waals surface area contributed by atoms with Gasteiger partial charge < -0.3 is 14.9 Å². The third-order valence-electron chi connectivity index (χ3n) is 6.25. The van der Waals surface area contributed by atoms with Gasteiger partial charge in [-0.3, -0.25) is 4.79 Å². The van der Waals surface area contributed by atoms with Crippen molar-refractivity contribution < 1.29 is 9.90 Å². The molecular formula is C20H25N3O2S. The van der Waals surface area contributed by atoms with Gasteiger partial charge in [0.05, 0.1) is 15.2 Å². The molecule has 1 atom stereocenters. The number of nitrogens with zero attached hydrogens (tertiary/aromatic N) is 3. The molecule has 5 rings (SSSR count). The lowest BCUT2D eigenvalue weighted by Crippen LogP contribution is -2.46. The summed E-state index contributed by atoms with van der Waals surface area (Å²) in [7, 11) is 0. The van der Waals surface area contributed by atoms with Crippen molar-refractivity contribution in [2.45, 2.75) is 56.6 Å². The van der Waals surface area contributed by atoms with Crippen molar-refractivity contribution in [3.63, 3.8) is 0 Å². The number of rotatable bonds is 3. The number of aliphatic hydroxyl groups excluding tert-OH is 1. The van der Waals surface area contributed by atoms with E-state index in [9.17, 15) is 9.90 Å². The van der Waals surface area contributed by atoms with E-state index in [1.165, 1.54) is 50.2 Å². The molecule has 1 aromatic heterocycles. The Bertz CT molecular complexity index is 824. The molecule has 1 unspecified atom stereocenters. The minimum atomic E-state index is -0.843. The molecule has 1 aliphatic carbocycles. The standard InChI is InChI=1S/C20H25N3O2S/c24-17-6-9-23(20(17)25)14-4-5-16-18(12-14)26-19(21-16)13-10-15(11-13)22-7-2-1-3-8-22/h4-5,12-13,15,17,24H,1-3,6-11H2. The van der Waals surface area contributed by atoms with Crippen LogP contribution in [0.15, 0.2) is 18.2 Å². The number of piperidine rings is 1. The minimum absolute atomic E-state index is 0.183. The zero-order chi connectivity index (χ0) is 17.7.